The third kappa shape index (κ3) is 5.94. The lowest BCUT2D eigenvalue weighted by molar-refractivity contribution is -0.126. The fraction of sp³-hybridized carbons (Fsp3) is 0.938. The van der Waals surface area contributed by atoms with Gasteiger partial charge in [-0.15, -0.1) is 0 Å². The van der Waals surface area contributed by atoms with Gasteiger partial charge in [-0.25, -0.2) is 0 Å². The maximum Gasteiger partial charge on any atom is 0.223 e. The van der Waals surface area contributed by atoms with Crippen molar-refractivity contribution in [2.24, 2.45) is 17.8 Å². The quantitative estimate of drug-likeness (QED) is 0.584. The van der Waals surface area contributed by atoms with Crippen molar-refractivity contribution >= 4 is 5.91 Å². The van der Waals surface area contributed by atoms with E-state index in [0.717, 1.165) is 18.9 Å². The molecule has 0 heterocycles. The number of rotatable bonds is 11. The van der Waals surface area contributed by atoms with Gasteiger partial charge in [0.2, 0.25) is 5.91 Å². The highest BCUT2D eigenvalue weighted by Crippen LogP contribution is 2.40. The van der Waals surface area contributed by atoms with Crippen molar-refractivity contribution in [2.75, 3.05) is 19.8 Å². The Labute approximate surface area is 117 Å². The van der Waals surface area contributed by atoms with Crippen LogP contribution in [-0.2, 0) is 9.53 Å². The van der Waals surface area contributed by atoms with Gasteiger partial charge in [-0.3, -0.25) is 4.79 Å². The van der Waals surface area contributed by atoms with Gasteiger partial charge in [0, 0.05) is 19.1 Å². The van der Waals surface area contributed by atoms with Crippen LogP contribution in [0.1, 0.15) is 58.3 Å². The van der Waals surface area contributed by atoms with Crippen molar-refractivity contribution < 1.29 is 9.53 Å². The maximum atomic E-state index is 12.2. The second kappa shape index (κ2) is 7.88. The van der Waals surface area contributed by atoms with Gasteiger partial charge < -0.3 is 10.1 Å². The zero-order valence-corrected chi connectivity index (χ0v) is 12.3. The van der Waals surface area contributed by atoms with Crippen LogP contribution in [-0.4, -0.2) is 25.7 Å². The van der Waals surface area contributed by atoms with Crippen molar-refractivity contribution in [1.29, 1.82) is 0 Å². The first-order valence-electron chi connectivity index (χ1n) is 8.16. The molecule has 2 fully saturated rings. The second-order valence-electron chi connectivity index (χ2n) is 6.16. The molecule has 0 bridgehead atoms. The molecule has 2 aliphatic rings. The Morgan fingerprint density at radius 3 is 2.68 bits per heavy atom. The molecule has 1 unspecified atom stereocenters. The Hall–Kier alpha value is -0.570. The van der Waals surface area contributed by atoms with E-state index in [0.29, 0.717) is 19.1 Å². The average molecular weight is 267 g/mol. The Morgan fingerprint density at radius 1 is 1.26 bits per heavy atom. The largest absolute Gasteiger partial charge is 0.380 e. The fourth-order valence-electron chi connectivity index (χ4n) is 2.81. The predicted octanol–water partition coefficient (Wildman–Crippen LogP) is 3.14. The van der Waals surface area contributed by atoms with E-state index in [1.54, 1.807) is 0 Å². The van der Waals surface area contributed by atoms with Crippen LogP contribution >= 0.6 is 0 Å². The van der Waals surface area contributed by atoms with Gasteiger partial charge in [0.05, 0.1) is 6.61 Å². The summed E-state index contributed by atoms with van der Waals surface area (Å²) in [5, 5.41) is 3.04. The van der Waals surface area contributed by atoms with E-state index < -0.39 is 0 Å². The van der Waals surface area contributed by atoms with Gasteiger partial charge in [0.1, 0.15) is 0 Å². The van der Waals surface area contributed by atoms with E-state index in [1.165, 1.54) is 44.9 Å². The highest BCUT2D eigenvalue weighted by Gasteiger charge is 2.35. The summed E-state index contributed by atoms with van der Waals surface area (Å²) >= 11 is 0. The summed E-state index contributed by atoms with van der Waals surface area (Å²) in [6.45, 7) is 4.01. The minimum Gasteiger partial charge on any atom is -0.380 e. The van der Waals surface area contributed by atoms with Gasteiger partial charge in [-0.05, 0) is 38.0 Å². The molecule has 3 heteroatoms. The van der Waals surface area contributed by atoms with Crippen LogP contribution in [0.3, 0.4) is 0 Å². The number of ether oxygens (including phenoxy) is 1. The summed E-state index contributed by atoms with van der Waals surface area (Å²) in [7, 11) is 0. The lowest BCUT2D eigenvalue weighted by Crippen LogP contribution is -2.34. The van der Waals surface area contributed by atoms with E-state index in [-0.39, 0.29) is 11.8 Å². The number of amides is 1. The highest BCUT2D eigenvalue weighted by molar-refractivity contribution is 5.79. The fourth-order valence-corrected chi connectivity index (χ4v) is 2.81. The zero-order valence-electron chi connectivity index (χ0n) is 12.3. The SMILES string of the molecule is CCOCCNC(=O)C(CCCCC1CC1)C1CC1. The summed E-state index contributed by atoms with van der Waals surface area (Å²) in [4.78, 5) is 12.2. The minimum atomic E-state index is 0.272. The monoisotopic (exact) mass is 267 g/mol. The molecule has 0 aliphatic heterocycles. The van der Waals surface area contributed by atoms with Crippen LogP contribution in [0.4, 0.5) is 0 Å². The summed E-state index contributed by atoms with van der Waals surface area (Å²) in [6, 6.07) is 0. The van der Waals surface area contributed by atoms with E-state index >= 15 is 0 Å². The molecule has 0 saturated heterocycles. The van der Waals surface area contributed by atoms with Crippen molar-refractivity contribution in [3.05, 3.63) is 0 Å². The number of hydrogen-bond acceptors (Lipinski definition) is 2. The summed E-state index contributed by atoms with van der Waals surface area (Å²) in [5.74, 6) is 2.25. The predicted molar refractivity (Wildman–Crippen MR) is 76.9 cm³/mol. The molecule has 1 N–H and O–H groups in total. The zero-order chi connectivity index (χ0) is 13.5. The van der Waals surface area contributed by atoms with E-state index in [2.05, 4.69) is 5.32 Å². The molecule has 1 atom stereocenters. The normalized spacial score (nSPS) is 20.3. The molecule has 0 spiro atoms. The molecule has 0 aromatic rings. The van der Waals surface area contributed by atoms with E-state index in [9.17, 15) is 4.79 Å². The van der Waals surface area contributed by atoms with E-state index in [1.807, 2.05) is 6.92 Å². The third-order valence-corrected chi connectivity index (χ3v) is 4.35. The minimum absolute atomic E-state index is 0.272. The molecule has 0 radical (unpaired) electrons. The van der Waals surface area contributed by atoms with Crippen LogP contribution < -0.4 is 5.32 Å². The Bertz CT molecular complexity index is 272. The van der Waals surface area contributed by atoms with Crippen LogP contribution in [0.25, 0.3) is 0 Å². The number of hydrogen-bond donors (Lipinski definition) is 1. The molecular formula is C16H29NO2. The highest BCUT2D eigenvalue weighted by atomic mass is 16.5. The standard InChI is InChI=1S/C16H29NO2/c1-2-19-12-11-17-16(18)15(14-9-10-14)6-4-3-5-13-7-8-13/h13-15H,2-12H2,1H3,(H,17,18). The van der Waals surface area contributed by atoms with Crippen LogP contribution in [0.2, 0.25) is 0 Å². The Balaban J connectivity index is 1.58. The number of unbranched alkanes of at least 4 members (excludes halogenated alkanes) is 1. The summed E-state index contributed by atoms with van der Waals surface area (Å²) < 4.78 is 5.26. The first-order valence-corrected chi connectivity index (χ1v) is 8.16. The van der Waals surface area contributed by atoms with Gasteiger partial charge >= 0.3 is 0 Å². The van der Waals surface area contributed by atoms with E-state index in [4.69, 9.17) is 4.74 Å². The number of nitrogens with one attached hydrogen (secondary N) is 1. The van der Waals surface area contributed by atoms with Gasteiger partial charge in [0.15, 0.2) is 0 Å². The Kier molecular flexibility index (Phi) is 6.15. The van der Waals surface area contributed by atoms with Gasteiger partial charge in [-0.2, -0.15) is 0 Å². The lowest BCUT2D eigenvalue weighted by Gasteiger charge is -2.16. The van der Waals surface area contributed by atoms with Crippen molar-refractivity contribution in [3.8, 4) is 0 Å². The second-order valence-corrected chi connectivity index (χ2v) is 6.16. The van der Waals surface area contributed by atoms with Crippen molar-refractivity contribution in [1.82, 2.24) is 5.32 Å². The molecule has 110 valence electrons. The lowest BCUT2D eigenvalue weighted by atomic mass is 9.95. The van der Waals surface area contributed by atoms with Crippen molar-refractivity contribution in [2.45, 2.75) is 58.3 Å². The molecule has 2 aliphatic carbocycles. The number of carbonyl (C=O) groups is 1. The van der Waals surface area contributed by atoms with Gasteiger partial charge in [-0.1, -0.05) is 32.1 Å². The third-order valence-electron chi connectivity index (χ3n) is 4.35. The first kappa shape index (κ1) is 14.8. The molecule has 3 nitrogen and oxygen atoms in total. The molecule has 19 heavy (non-hydrogen) atoms. The molecular weight excluding hydrogens is 238 g/mol. The first-order chi connectivity index (χ1) is 9.31. The molecule has 0 aromatic heterocycles. The molecule has 2 rings (SSSR count). The van der Waals surface area contributed by atoms with Crippen molar-refractivity contribution in [3.63, 3.8) is 0 Å². The maximum absolute atomic E-state index is 12.2. The molecule has 0 aromatic carbocycles. The number of carbonyl (C=O) groups excluding carboxylic acids is 1. The smallest absolute Gasteiger partial charge is 0.223 e. The van der Waals surface area contributed by atoms with Gasteiger partial charge in [0.25, 0.3) is 0 Å². The van der Waals surface area contributed by atoms with Crippen LogP contribution in [0.15, 0.2) is 0 Å². The van der Waals surface area contributed by atoms with Crippen LogP contribution in [0.5, 0.6) is 0 Å². The average Bonchev–Trinajstić information content (AvgIpc) is 3.27. The van der Waals surface area contributed by atoms with Crippen LogP contribution in [0, 0.1) is 17.8 Å². The molecule has 1 amide bonds. The summed E-state index contributed by atoms with van der Waals surface area (Å²) in [5.41, 5.74) is 0. The Morgan fingerprint density at radius 2 is 2.05 bits per heavy atom. The topological polar surface area (TPSA) is 38.3 Å². The summed E-state index contributed by atoms with van der Waals surface area (Å²) in [6.07, 6.45) is 10.4. The molecule has 2 saturated carbocycles.